The minimum Gasteiger partial charge on any atom is -0.458 e. The van der Waals surface area contributed by atoms with E-state index in [0.717, 1.165) is 16.5 Å². The Labute approximate surface area is 246 Å². The molecule has 12 heteroatoms. The highest BCUT2D eigenvalue weighted by Crippen LogP contribution is 2.45. The fourth-order valence-corrected chi connectivity index (χ4v) is 6.59. The standard InChI is InChI=1S/C31H33FN4O7/c1-3-31(42)19-11-23-28-17(13-36(23)29(40)18(19)14-43-30(31)41)27-21(34-25(39)8-7-24(38)33-9-4-10-37)6-5-16-15(2)20(32)12-22(35-28)26(16)27/h11-12,21,37,42H,3-10,13-14H2,1-2H3,(H,33,38)(H,34,39)/t21-,31-/m0/s1. The molecule has 4 heterocycles. The zero-order valence-corrected chi connectivity index (χ0v) is 24.0. The first-order valence-electron chi connectivity index (χ1n) is 14.6. The van der Waals surface area contributed by atoms with Crippen LogP contribution in [0.3, 0.4) is 0 Å². The van der Waals surface area contributed by atoms with E-state index in [1.807, 2.05) is 0 Å². The molecule has 3 aromatic rings. The first-order chi connectivity index (χ1) is 20.6. The molecule has 3 aliphatic rings. The highest BCUT2D eigenvalue weighted by molar-refractivity contribution is 5.94. The molecule has 0 fully saturated rings. The molecule has 2 amide bonds. The van der Waals surface area contributed by atoms with Crippen molar-refractivity contribution in [1.29, 1.82) is 0 Å². The molecule has 2 aromatic heterocycles. The van der Waals surface area contributed by atoms with Crippen LogP contribution in [-0.4, -0.2) is 50.7 Å². The number of carbonyl (C=O) groups excluding carboxylic acids is 3. The number of nitrogens with one attached hydrogen (secondary N) is 2. The normalized spacial score (nSPS) is 19.8. The molecule has 2 atom stereocenters. The molecule has 43 heavy (non-hydrogen) atoms. The predicted molar refractivity (Wildman–Crippen MR) is 152 cm³/mol. The number of aliphatic hydroxyl groups is 2. The third kappa shape index (κ3) is 4.60. The van der Waals surface area contributed by atoms with Crippen LogP contribution in [0.1, 0.15) is 78.5 Å². The zero-order chi connectivity index (χ0) is 30.6. The predicted octanol–water partition coefficient (Wildman–Crippen LogP) is 1.91. The van der Waals surface area contributed by atoms with Gasteiger partial charge in [0.05, 0.1) is 35.1 Å². The second-order valence-electron chi connectivity index (χ2n) is 11.4. The number of aryl methyl sites for hydroxylation is 1. The van der Waals surface area contributed by atoms with Gasteiger partial charge in [0.1, 0.15) is 12.4 Å². The molecular formula is C31H33FN4O7. The number of hydrogen-bond acceptors (Lipinski definition) is 8. The average molecular weight is 593 g/mol. The highest BCUT2D eigenvalue weighted by Gasteiger charge is 2.46. The first kappa shape index (κ1) is 28.9. The Morgan fingerprint density at radius 1 is 1.19 bits per heavy atom. The van der Waals surface area contributed by atoms with E-state index in [1.165, 1.54) is 10.6 Å². The molecule has 4 N–H and O–H groups in total. The van der Waals surface area contributed by atoms with Gasteiger partial charge in [0, 0.05) is 48.6 Å². The molecule has 0 bridgehead atoms. The second-order valence-corrected chi connectivity index (χ2v) is 11.4. The summed E-state index contributed by atoms with van der Waals surface area (Å²) in [6, 6.07) is 2.49. The molecule has 0 radical (unpaired) electrons. The number of hydrogen-bond donors (Lipinski definition) is 4. The molecule has 226 valence electrons. The summed E-state index contributed by atoms with van der Waals surface area (Å²) in [6.07, 6.45) is 1.37. The summed E-state index contributed by atoms with van der Waals surface area (Å²) < 4.78 is 21.8. The summed E-state index contributed by atoms with van der Waals surface area (Å²) in [5, 5.41) is 26.6. The van der Waals surface area contributed by atoms with Crippen molar-refractivity contribution in [3.63, 3.8) is 0 Å². The Morgan fingerprint density at radius 2 is 1.95 bits per heavy atom. The van der Waals surface area contributed by atoms with Gasteiger partial charge in [0.25, 0.3) is 5.56 Å². The van der Waals surface area contributed by atoms with Crippen LogP contribution in [-0.2, 0) is 44.3 Å². The van der Waals surface area contributed by atoms with Crippen molar-refractivity contribution < 1.29 is 33.7 Å². The third-order valence-electron chi connectivity index (χ3n) is 8.95. The largest absolute Gasteiger partial charge is 0.458 e. The van der Waals surface area contributed by atoms with Crippen LogP contribution in [0.15, 0.2) is 16.9 Å². The lowest BCUT2D eigenvalue weighted by Gasteiger charge is -2.31. The number of carbonyl (C=O) groups is 3. The van der Waals surface area contributed by atoms with Gasteiger partial charge in [-0.05, 0) is 55.4 Å². The van der Waals surface area contributed by atoms with Gasteiger partial charge in [-0.3, -0.25) is 14.4 Å². The van der Waals surface area contributed by atoms with Gasteiger partial charge in [0.2, 0.25) is 11.8 Å². The van der Waals surface area contributed by atoms with Crippen molar-refractivity contribution in [2.45, 2.75) is 77.2 Å². The molecule has 0 unspecified atom stereocenters. The number of aliphatic hydroxyl groups excluding tert-OH is 1. The Balaban J connectivity index is 1.43. The lowest BCUT2D eigenvalue weighted by atomic mass is 9.81. The monoisotopic (exact) mass is 592 g/mol. The van der Waals surface area contributed by atoms with Crippen LogP contribution in [0, 0.1) is 12.7 Å². The van der Waals surface area contributed by atoms with Crippen LogP contribution in [0.4, 0.5) is 4.39 Å². The number of nitrogens with zero attached hydrogens (tertiary/aromatic N) is 2. The van der Waals surface area contributed by atoms with Crippen molar-refractivity contribution in [3.05, 3.63) is 61.7 Å². The van der Waals surface area contributed by atoms with Crippen LogP contribution in [0.5, 0.6) is 0 Å². The van der Waals surface area contributed by atoms with Crippen LogP contribution in [0.2, 0.25) is 0 Å². The maximum absolute atomic E-state index is 15.1. The minimum absolute atomic E-state index is 0.00634. The zero-order valence-electron chi connectivity index (χ0n) is 24.0. The van der Waals surface area contributed by atoms with Crippen molar-refractivity contribution in [2.75, 3.05) is 13.2 Å². The maximum atomic E-state index is 15.1. The summed E-state index contributed by atoms with van der Waals surface area (Å²) in [5.74, 6) is -1.84. The lowest BCUT2D eigenvalue weighted by molar-refractivity contribution is -0.172. The Bertz CT molecular complexity index is 1770. The number of halogens is 1. The van der Waals surface area contributed by atoms with Crippen molar-refractivity contribution >= 4 is 28.7 Å². The molecule has 0 saturated carbocycles. The number of rotatable bonds is 8. The van der Waals surface area contributed by atoms with Gasteiger partial charge in [-0.1, -0.05) is 6.92 Å². The fourth-order valence-electron chi connectivity index (χ4n) is 6.59. The molecule has 2 aliphatic heterocycles. The number of pyridine rings is 2. The minimum atomic E-state index is -1.98. The molecule has 0 spiro atoms. The van der Waals surface area contributed by atoms with Crippen LogP contribution < -0.4 is 16.2 Å². The van der Waals surface area contributed by atoms with Gasteiger partial charge in [0.15, 0.2) is 5.60 Å². The van der Waals surface area contributed by atoms with Crippen molar-refractivity contribution in [1.82, 2.24) is 20.2 Å². The molecule has 0 saturated heterocycles. The quantitative estimate of drug-likeness (QED) is 0.178. The van der Waals surface area contributed by atoms with Crippen LogP contribution >= 0.6 is 0 Å². The maximum Gasteiger partial charge on any atom is 0.343 e. The second kappa shape index (κ2) is 10.8. The van der Waals surface area contributed by atoms with Crippen molar-refractivity contribution in [2.24, 2.45) is 0 Å². The van der Waals surface area contributed by atoms with Gasteiger partial charge in [-0.25, -0.2) is 14.2 Å². The van der Waals surface area contributed by atoms with Gasteiger partial charge in [-0.2, -0.15) is 0 Å². The van der Waals surface area contributed by atoms with Crippen LogP contribution in [0.25, 0.3) is 22.3 Å². The van der Waals surface area contributed by atoms with E-state index in [0.29, 0.717) is 53.8 Å². The Hall–Kier alpha value is -4.16. The smallest absolute Gasteiger partial charge is 0.343 e. The number of aromatic nitrogens is 2. The summed E-state index contributed by atoms with van der Waals surface area (Å²) >= 11 is 0. The van der Waals surface area contributed by atoms with E-state index >= 15 is 4.39 Å². The number of amides is 2. The molecule has 1 aliphatic carbocycles. The topological polar surface area (TPSA) is 160 Å². The Morgan fingerprint density at radius 3 is 2.70 bits per heavy atom. The van der Waals surface area contributed by atoms with E-state index in [-0.39, 0.29) is 62.0 Å². The lowest BCUT2D eigenvalue weighted by Crippen LogP contribution is -2.44. The number of cyclic esters (lactones) is 1. The Kier molecular flexibility index (Phi) is 7.29. The van der Waals surface area contributed by atoms with E-state index < -0.39 is 29.0 Å². The highest BCUT2D eigenvalue weighted by atomic mass is 19.1. The van der Waals surface area contributed by atoms with E-state index in [4.69, 9.17) is 14.8 Å². The molecular weight excluding hydrogens is 559 g/mol. The van der Waals surface area contributed by atoms with E-state index in [1.54, 1.807) is 19.9 Å². The SMILES string of the molecule is CC[C@@]1(O)C(=O)OCc2c1cc1n(c2=O)Cc2c-1nc1cc(F)c(C)c3c1c2[C@@H](NC(=O)CCC(=O)NCCCO)CC3. The fraction of sp³-hybridized carbons (Fsp3) is 0.452. The van der Waals surface area contributed by atoms with E-state index in [2.05, 4.69) is 10.6 Å². The summed E-state index contributed by atoms with van der Waals surface area (Å²) in [7, 11) is 0. The first-order valence-corrected chi connectivity index (χ1v) is 14.6. The molecule has 6 rings (SSSR count). The summed E-state index contributed by atoms with van der Waals surface area (Å²) in [5.41, 5.74) is 1.98. The van der Waals surface area contributed by atoms with E-state index in [9.17, 15) is 24.3 Å². The summed E-state index contributed by atoms with van der Waals surface area (Å²) in [6.45, 7) is 3.52. The summed E-state index contributed by atoms with van der Waals surface area (Å²) in [4.78, 5) is 56.2. The number of ether oxygens (including phenoxy) is 1. The third-order valence-corrected chi connectivity index (χ3v) is 8.95. The average Bonchev–Trinajstić information content (AvgIpc) is 3.36. The molecule has 11 nitrogen and oxygen atoms in total. The van der Waals surface area contributed by atoms with Gasteiger partial charge in [-0.15, -0.1) is 0 Å². The van der Waals surface area contributed by atoms with Crippen molar-refractivity contribution in [3.8, 4) is 11.4 Å². The van der Waals surface area contributed by atoms with Gasteiger partial charge < -0.3 is 30.2 Å². The number of esters is 1. The number of benzene rings is 1. The number of fused-ring (bicyclic) bond motifs is 5. The van der Waals surface area contributed by atoms with Gasteiger partial charge >= 0.3 is 5.97 Å². The molecule has 1 aromatic carbocycles.